The monoisotopic (exact) mass is 479 g/mol. The molecular weight excluding hydrogens is 454 g/mol. The summed E-state index contributed by atoms with van der Waals surface area (Å²) in [7, 11) is -4.16. The third-order valence-corrected chi connectivity index (χ3v) is 8.08. The van der Waals surface area contributed by atoms with Crippen LogP contribution in [-0.2, 0) is 14.8 Å². The molecule has 5 rings (SSSR count). The van der Waals surface area contributed by atoms with Crippen molar-refractivity contribution in [2.24, 2.45) is 0 Å². The molecule has 0 aromatic heterocycles. The first-order valence-corrected chi connectivity index (χ1v) is 12.9. The van der Waals surface area contributed by atoms with E-state index in [9.17, 15) is 13.2 Å². The molecule has 0 bridgehead atoms. The van der Waals surface area contributed by atoms with Crippen LogP contribution in [0.15, 0.2) is 126 Å². The zero-order valence-corrected chi connectivity index (χ0v) is 20.1. The van der Waals surface area contributed by atoms with Crippen molar-refractivity contribution in [1.82, 2.24) is 4.31 Å². The zero-order chi connectivity index (χ0) is 24.4. The quantitative estimate of drug-likeness (QED) is 0.346. The molecule has 0 aliphatic carbocycles. The summed E-state index contributed by atoms with van der Waals surface area (Å²) in [5, 5.41) is 0. The highest BCUT2D eigenvalue weighted by atomic mass is 32.2. The lowest BCUT2D eigenvalue weighted by atomic mass is 9.78. The summed E-state index contributed by atoms with van der Waals surface area (Å²) in [4.78, 5) is 14.4. The molecule has 174 valence electrons. The summed E-state index contributed by atoms with van der Waals surface area (Å²) < 4.78 is 29.0. The van der Waals surface area contributed by atoms with Crippen LogP contribution in [0.5, 0.6) is 0 Å². The van der Waals surface area contributed by atoms with Crippen LogP contribution in [0.3, 0.4) is 0 Å². The summed E-state index contributed by atoms with van der Waals surface area (Å²) in [5.74, 6) is -1.48. The fourth-order valence-corrected chi connectivity index (χ4v) is 6.06. The van der Waals surface area contributed by atoms with Crippen LogP contribution in [0.1, 0.15) is 34.1 Å². The van der Waals surface area contributed by atoms with Gasteiger partial charge in [-0.15, -0.1) is 0 Å². The second-order valence-corrected chi connectivity index (χ2v) is 10.5. The normalized spacial score (nSPS) is 18.3. The fraction of sp³-hybridized carbons (Fsp3) is 0.100. The maximum Gasteiger partial charge on any atom is 0.270 e. The smallest absolute Gasteiger partial charge is 0.270 e. The Morgan fingerprint density at radius 3 is 1.74 bits per heavy atom. The van der Waals surface area contributed by atoms with Crippen molar-refractivity contribution in [3.05, 3.63) is 144 Å². The molecule has 4 aromatic rings. The molecule has 1 aliphatic heterocycles. The average Bonchev–Trinajstić information content (AvgIpc) is 2.89. The van der Waals surface area contributed by atoms with E-state index >= 15 is 0 Å². The molecule has 1 heterocycles. The van der Waals surface area contributed by atoms with E-state index in [0.29, 0.717) is 11.3 Å². The Labute approximate surface area is 206 Å². The predicted octanol–water partition coefficient (Wildman–Crippen LogP) is 6.13. The van der Waals surface area contributed by atoms with Gasteiger partial charge in [0, 0.05) is 5.92 Å². The Balaban J connectivity index is 1.76. The largest absolute Gasteiger partial charge is 0.273 e. The highest BCUT2D eigenvalue weighted by molar-refractivity contribution is 7.90. The van der Waals surface area contributed by atoms with Crippen molar-refractivity contribution in [3.8, 4) is 0 Å². The fourth-order valence-electron chi connectivity index (χ4n) is 4.59. The van der Waals surface area contributed by atoms with Crippen LogP contribution in [-0.4, -0.2) is 18.6 Å². The number of hydrogen-bond donors (Lipinski definition) is 0. The number of rotatable bonds is 5. The SMILES string of the molecule is Cc1ccc(S(=O)(=O)N2C(=O)[C@H](c3ccccc3)[C@@H](c3ccccc3)C=C2c2ccccc2)cc1. The minimum absolute atomic E-state index is 0.0863. The van der Waals surface area contributed by atoms with Gasteiger partial charge < -0.3 is 0 Å². The number of allylic oxidation sites excluding steroid dienone is 1. The predicted molar refractivity (Wildman–Crippen MR) is 138 cm³/mol. The van der Waals surface area contributed by atoms with Gasteiger partial charge in [0.1, 0.15) is 0 Å². The minimum atomic E-state index is -4.16. The molecule has 4 nitrogen and oxygen atoms in total. The lowest BCUT2D eigenvalue weighted by molar-refractivity contribution is -0.126. The summed E-state index contributed by atoms with van der Waals surface area (Å²) in [5.41, 5.74) is 3.72. The number of sulfonamides is 1. The standard InChI is InChI=1S/C30H25NO3S/c1-22-17-19-26(20-18-22)35(33,34)31-28(24-13-7-3-8-14-24)21-27(23-11-5-2-6-12-23)29(30(31)32)25-15-9-4-10-16-25/h2-21,27,29H,1H3/t27-,29-/m1/s1. The summed E-state index contributed by atoms with van der Waals surface area (Å²) in [6.45, 7) is 1.90. The van der Waals surface area contributed by atoms with E-state index in [1.165, 1.54) is 0 Å². The molecule has 2 atom stereocenters. The van der Waals surface area contributed by atoms with Crippen LogP contribution < -0.4 is 0 Å². The highest BCUT2D eigenvalue weighted by Gasteiger charge is 2.44. The molecule has 1 amide bonds. The molecule has 0 spiro atoms. The van der Waals surface area contributed by atoms with Gasteiger partial charge in [-0.2, -0.15) is 0 Å². The number of hydrogen-bond acceptors (Lipinski definition) is 3. The van der Waals surface area contributed by atoms with Crippen molar-refractivity contribution in [1.29, 1.82) is 0 Å². The van der Waals surface area contributed by atoms with Gasteiger partial charge in [-0.1, -0.05) is 115 Å². The Hall–Kier alpha value is -3.96. The van der Waals surface area contributed by atoms with Gasteiger partial charge in [0.15, 0.2) is 0 Å². The van der Waals surface area contributed by atoms with E-state index in [-0.39, 0.29) is 10.8 Å². The Morgan fingerprint density at radius 2 is 1.17 bits per heavy atom. The van der Waals surface area contributed by atoms with Gasteiger partial charge in [-0.05, 0) is 35.7 Å². The van der Waals surface area contributed by atoms with E-state index in [4.69, 9.17) is 0 Å². The van der Waals surface area contributed by atoms with Crippen molar-refractivity contribution >= 4 is 21.6 Å². The van der Waals surface area contributed by atoms with Crippen LogP contribution in [0.2, 0.25) is 0 Å². The van der Waals surface area contributed by atoms with Crippen molar-refractivity contribution in [2.45, 2.75) is 23.7 Å². The Kier molecular flexibility index (Phi) is 6.10. The molecule has 1 aliphatic rings. The number of amides is 1. The van der Waals surface area contributed by atoms with Gasteiger partial charge in [-0.3, -0.25) is 4.79 Å². The molecule has 0 fully saturated rings. The topological polar surface area (TPSA) is 54.5 Å². The number of carbonyl (C=O) groups excluding carboxylic acids is 1. The van der Waals surface area contributed by atoms with Gasteiger partial charge >= 0.3 is 0 Å². The third kappa shape index (κ3) is 4.31. The molecule has 4 aromatic carbocycles. The van der Waals surface area contributed by atoms with Gasteiger partial charge in [0.05, 0.1) is 16.5 Å². The van der Waals surface area contributed by atoms with Crippen molar-refractivity contribution in [3.63, 3.8) is 0 Å². The first kappa shape index (κ1) is 22.8. The minimum Gasteiger partial charge on any atom is -0.273 e. The molecule has 35 heavy (non-hydrogen) atoms. The van der Waals surface area contributed by atoms with Crippen molar-refractivity contribution < 1.29 is 13.2 Å². The second kappa shape index (κ2) is 9.35. The zero-order valence-electron chi connectivity index (χ0n) is 19.3. The third-order valence-electron chi connectivity index (χ3n) is 6.35. The summed E-state index contributed by atoms with van der Waals surface area (Å²) in [6.07, 6.45) is 1.93. The van der Waals surface area contributed by atoms with E-state index in [1.54, 1.807) is 24.3 Å². The Bertz CT molecular complexity index is 1460. The summed E-state index contributed by atoms with van der Waals surface area (Å²) in [6, 6.07) is 35.0. The van der Waals surface area contributed by atoms with E-state index in [2.05, 4.69) is 0 Å². The van der Waals surface area contributed by atoms with Crippen LogP contribution in [0.4, 0.5) is 0 Å². The first-order valence-electron chi connectivity index (χ1n) is 11.5. The molecule has 0 saturated heterocycles. The van der Waals surface area contributed by atoms with E-state index in [1.807, 2.05) is 104 Å². The molecular formula is C30H25NO3S. The van der Waals surface area contributed by atoms with Crippen LogP contribution >= 0.6 is 0 Å². The number of aryl methyl sites for hydroxylation is 1. The maximum absolute atomic E-state index is 14.3. The Morgan fingerprint density at radius 1 is 0.657 bits per heavy atom. The van der Waals surface area contributed by atoms with Gasteiger partial charge in [0.25, 0.3) is 10.0 Å². The first-order chi connectivity index (χ1) is 17.0. The summed E-state index contributed by atoms with van der Waals surface area (Å²) >= 11 is 0. The lowest BCUT2D eigenvalue weighted by Crippen LogP contribution is -2.43. The lowest BCUT2D eigenvalue weighted by Gasteiger charge is -2.37. The molecule has 0 saturated carbocycles. The van der Waals surface area contributed by atoms with Crippen LogP contribution in [0, 0.1) is 6.92 Å². The molecule has 0 unspecified atom stereocenters. The number of nitrogens with zero attached hydrogens (tertiary/aromatic N) is 1. The number of carbonyl (C=O) groups is 1. The van der Waals surface area contributed by atoms with E-state index in [0.717, 1.165) is 21.0 Å². The van der Waals surface area contributed by atoms with Gasteiger partial charge in [0.2, 0.25) is 5.91 Å². The second-order valence-electron chi connectivity index (χ2n) is 8.66. The van der Waals surface area contributed by atoms with Crippen molar-refractivity contribution in [2.75, 3.05) is 0 Å². The van der Waals surface area contributed by atoms with Crippen LogP contribution in [0.25, 0.3) is 5.70 Å². The molecule has 0 radical (unpaired) electrons. The van der Waals surface area contributed by atoms with Gasteiger partial charge in [-0.25, -0.2) is 12.7 Å². The average molecular weight is 480 g/mol. The number of benzene rings is 4. The van der Waals surface area contributed by atoms with E-state index < -0.39 is 21.8 Å². The molecule has 5 heteroatoms. The molecule has 0 N–H and O–H groups in total. The highest BCUT2D eigenvalue weighted by Crippen LogP contribution is 2.45. The maximum atomic E-state index is 14.3.